The SMILES string of the molecule is CC(CNC1CCC1)Cc1cc(Cl)ccc1Cl. The van der Waals surface area contributed by atoms with Crippen LogP contribution in [0.2, 0.25) is 10.0 Å². The standard InChI is InChI=1S/C14H19Cl2N/c1-10(9-17-13-3-2-4-13)7-11-8-12(15)5-6-14(11)16/h5-6,8,10,13,17H,2-4,7,9H2,1H3. The first-order chi connectivity index (χ1) is 8.15. The molecule has 0 radical (unpaired) electrons. The minimum Gasteiger partial charge on any atom is -0.314 e. The van der Waals surface area contributed by atoms with Gasteiger partial charge in [-0.3, -0.25) is 0 Å². The van der Waals surface area contributed by atoms with Gasteiger partial charge in [-0.1, -0.05) is 36.5 Å². The van der Waals surface area contributed by atoms with Crippen molar-refractivity contribution >= 4 is 23.2 Å². The van der Waals surface area contributed by atoms with Crippen molar-refractivity contribution in [3.63, 3.8) is 0 Å². The predicted octanol–water partition coefficient (Wildman–Crippen LogP) is 4.31. The molecule has 0 bridgehead atoms. The van der Waals surface area contributed by atoms with Gasteiger partial charge in [0.2, 0.25) is 0 Å². The molecule has 0 spiro atoms. The van der Waals surface area contributed by atoms with Gasteiger partial charge in [0, 0.05) is 16.1 Å². The Morgan fingerprint density at radius 1 is 1.35 bits per heavy atom. The Morgan fingerprint density at radius 2 is 2.12 bits per heavy atom. The van der Waals surface area contributed by atoms with E-state index in [0.717, 1.165) is 34.6 Å². The van der Waals surface area contributed by atoms with E-state index in [2.05, 4.69) is 12.2 Å². The molecule has 1 aliphatic rings. The fourth-order valence-electron chi connectivity index (χ4n) is 2.13. The van der Waals surface area contributed by atoms with Crippen molar-refractivity contribution in [2.75, 3.05) is 6.54 Å². The Hall–Kier alpha value is -0.240. The van der Waals surface area contributed by atoms with E-state index in [4.69, 9.17) is 23.2 Å². The maximum Gasteiger partial charge on any atom is 0.0439 e. The second kappa shape index (κ2) is 6.08. The molecule has 3 heteroatoms. The first-order valence-corrected chi connectivity index (χ1v) is 7.08. The van der Waals surface area contributed by atoms with Crippen LogP contribution >= 0.6 is 23.2 Å². The minimum atomic E-state index is 0.589. The second-order valence-corrected chi connectivity index (χ2v) is 5.92. The van der Waals surface area contributed by atoms with Gasteiger partial charge in [-0.05, 0) is 55.5 Å². The molecule has 1 unspecified atom stereocenters. The topological polar surface area (TPSA) is 12.0 Å². The van der Waals surface area contributed by atoms with Crippen LogP contribution in [0.4, 0.5) is 0 Å². The molecular weight excluding hydrogens is 253 g/mol. The average Bonchev–Trinajstić information content (AvgIpc) is 2.21. The maximum absolute atomic E-state index is 6.16. The number of hydrogen-bond donors (Lipinski definition) is 1. The van der Waals surface area contributed by atoms with Gasteiger partial charge in [-0.2, -0.15) is 0 Å². The van der Waals surface area contributed by atoms with E-state index in [0.29, 0.717) is 5.92 Å². The highest BCUT2D eigenvalue weighted by molar-refractivity contribution is 6.33. The Bertz CT molecular complexity index is 374. The van der Waals surface area contributed by atoms with Crippen molar-refractivity contribution in [3.05, 3.63) is 33.8 Å². The Labute approximate surface area is 114 Å². The highest BCUT2D eigenvalue weighted by Crippen LogP contribution is 2.23. The summed E-state index contributed by atoms with van der Waals surface area (Å²) in [6.07, 6.45) is 5.04. The third-order valence-electron chi connectivity index (χ3n) is 3.44. The Kier molecular flexibility index (Phi) is 4.72. The van der Waals surface area contributed by atoms with Crippen LogP contribution in [0.25, 0.3) is 0 Å². The fourth-order valence-corrected chi connectivity index (χ4v) is 2.52. The number of hydrogen-bond acceptors (Lipinski definition) is 1. The maximum atomic E-state index is 6.16. The summed E-state index contributed by atoms with van der Waals surface area (Å²) in [5.41, 5.74) is 1.15. The van der Waals surface area contributed by atoms with Crippen LogP contribution in [0.5, 0.6) is 0 Å². The molecule has 1 N–H and O–H groups in total. The zero-order chi connectivity index (χ0) is 12.3. The summed E-state index contributed by atoms with van der Waals surface area (Å²) in [4.78, 5) is 0. The molecule has 1 aromatic carbocycles. The summed E-state index contributed by atoms with van der Waals surface area (Å²) in [5, 5.41) is 5.19. The molecule has 0 aromatic heterocycles. The van der Waals surface area contributed by atoms with Gasteiger partial charge in [-0.15, -0.1) is 0 Å². The largest absolute Gasteiger partial charge is 0.314 e. The summed E-state index contributed by atoms with van der Waals surface area (Å²) in [5.74, 6) is 0.589. The second-order valence-electron chi connectivity index (χ2n) is 5.08. The Morgan fingerprint density at radius 3 is 2.76 bits per heavy atom. The van der Waals surface area contributed by atoms with E-state index in [1.54, 1.807) is 0 Å². The molecule has 0 saturated heterocycles. The quantitative estimate of drug-likeness (QED) is 0.842. The highest BCUT2D eigenvalue weighted by Gasteiger charge is 2.17. The van der Waals surface area contributed by atoms with E-state index >= 15 is 0 Å². The van der Waals surface area contributed by atoms with Gasteiger partial charge in [0.25, 0.3) is 0 Å². The van der Waals surface area contributed by atoms with Gasteiger partial charge >= 0.3 is 0 Å². The number of benzene rings is 1. The summed E-state index contributed by atoms with van der Waals surface area (Å²) in [7, 11) is 0. The molecule has 1 fully saturated rings. The van der Waals surface area contributed by atoms with E-state index in [-0.39, 0.29) is 0 Å². The molecule has 1 atom stereocenters. The molecule has 0 heterocycles. The van der Waals surface area contributed by atoms with Gasteiger partial charge < -0.3 is 5.32 Å². The number of nitrogens with one attached hydrogen (secondary N) is 1. The molecule has 0 aliphatic heterocycles. The van der Waals surface area contributed by atoms with Crippen LogP contribution in [0.15, 0.2) is 18.2 Å². The van der Waals surface area contributed by atoms with Gasteiger partial charge in [0.05, 0.1) is 0 Å². The minimum absolute atomic E-state index is 0.589. The van der Waals surface area contributed by atoms with Crippen LogP contribution in [-0.4, -0.2) is 12.6 Å². The van der Waals surface area contributed by atoms with Crippen LogP contribution in [0.1, 0.15) is 31.7 Å². The highest BCUT2D eigenvalue weighted by atomic mass is 35.5. The third-order valence-corrected chi connectivity index (χ3v) is 4.04. The van der Waals surface area contributed by atoms with Crippen molar-refractivity contribution < 1.29 is 0 Å². The molecule has 0 amide bonds. The van der Waals surface area contributed by atoms with Crippen LogP contribution < -0.4 is 5.32 Å². The Balaban J connectivity index is 1.83. The lowest BCUT2D eigenvalue weighted by Gasteiger charge is -2.28. The number of halogens is 2. The molecule has 1 aromatic rings. The first-order valence-electron chi connectivity index (χ1n) is 6.32. The van der Waals surface area contributed by atoms with Crippen LogP contribution in [-0.2, 0) is 6.42 Å². The van der Waals surface area contributed by atoms with Gasteiger partial charge in [-0.25, -0.2) is 0 Å². The molecule has 94 valence electrons. The van der Waals surface area contributed by atoms with Crippen molar-refractivity contribution in [1.29, 1.82) is 0 Å². The van der Waals surface area contributed by atoms with Crippen LogP contribution in [0, 0.1) is 5.92 Å². The smallest absolute Gasteiger partial charge is 0.0439 e. The van der Waals surface area contributed by atoms with Crippen molar-refractivity contribution in [2.24, 2.45) is 5.92 Å². The summed E-state index contributed by atoms with van der Waals surface area (Å²) >= 11 is 12.1. The zero-order valence-corrected chi connectivity index (χ0v) is 11.7. The van der Waals surface area contributed by atoms with Crippen molar-refractivity contribution in [1.82, 2.24) is 5.32 Å². The number of rotatable bonds is 5. The average molecular weight is 272 g/mol. The molecule has 17 heavy (non-hydrogen) atoms. The monoisotopic (exact) mass is 271 g/mol. The van der Waals surface area contributed by atoms with Crippen LogP contribution in [0.3, 0.4) is 0 Å². The van der Waals surface area contributed by atoms with Gasteiger partial charge in [0.1, 0.15) is 0 Å². The molecule has 1 saturated carbocycles. The fraction of sp³-hybridized carbons (Fsp3) is 0.571. The lowest BCUT2D eigenvalue weighted by Crippen LogP contribution is -2.38. The summed E-state index contributed by atoms with van der Waals surface area (Å²) in [6.45, 7) is 3.32. The normalized spacial score (nSPS) is 17.8. The molecule has 1 aliphatic carbocycles. The molecule has 1 nitrogen and oxygen atoms in total. The van der Waals surface area contributed by atoms with Crippen molar-refractivity contribution in [2.45, 2.75) is 38.6 Å². The predicted molar refractivity (Wildman–Crippen MR) is 75.0 cm³/mol. The zero-order valence-electron chi connectivity index (χ0n) is 10.2. The summed E-state index contributed by atoms with van der Waals surface area (Å²) in [6, 6.07) is 6.45. The van der Waals surface area contributed by atoms with Gasteiger partial charge in [0.15, 0.2) is 0 Å². The molecule has 2 rings (SSSR count). The van der Waals surface area contributed by atoms with E-state index in [1.165, 1.54) is 19.3 Å². The third kappa shape index (κ3) is 3.87. The lowest BCUT2D eigenvalue weighted by atomic mass is 9.92. The summed E-state index contributed by atoms with van der Waals surface area (Å²) < 4.78 is 0. The van der Waals surface area contributed by atoms with E-state index in [1.807, 2.05) is 18.2 Å². The molecular formula is C14H19Cl2N. The first kappa shape index (κ1) is 13.2. The van der Waals surface area contributed by atoms with E-state index < -0.39 is 0 Å². The van der Waals surface area contributed by atoms with Crippen molar-refractivity contribution in [3.8, 4) is 0 Å². The lowest BCUT2D eigenvalue weighted by molar-refractivity contribution is 0.320. The van der Waals surface area contributed by atoms with E-state index in [9.17, 15) is 0 Å².